The maximum atomic E-state index is 5.63. The Balaban J connectivity index is 2.46. The molecule has 13 heavy (non-hydrogen) atoms. The molecule has 1 atom stereocenters. The van der Waals surface area contributed by atoms with Gasteiger partial charge in [-0.15, -0.1) is 0 Å². The zero-order valence-corrected chi connectivity index (χ0v) is 8.14. The van der Waals surface area contributed by atoms with Crippen LogP contribution in [-0.4, -0.2) is 21.4 Å². The van der Waals surface area contributed by atoms with Gasteiger partial charge >= 0.3 is 0 Å². The van der Waals surface area contributed by atoms with Crippen molar-refractivity contribution in [3.63, 3.8) is 0 Å². The fourth-order valence-corrected chi connectivity index (χ4v) is 1.12. The van der Waals surface area contributed by atoms with E-state index in [-0.39, 0.29) is 6.04 Å². The van der Waals surface area contributed by atoms with Crippen molar-refractivity contribution in [1.29, 1.82) is 0 Å². The van der Waals surface area contributed by atoms with Crippen LogP contribution in [0.3, 0.4) is 0 Å². The first-order valence-electron chi connectivity index (χ1n) is 4.50. The summed E-state index contributed by atoms with van der Waals surface area (Å²) in [5.74, 6) is 0.715. The van der Waals surface area contributed by atoms with E-state index in [1.54, 1.807) is 12.5 Å². The lowest BCUT2D eigenvalue weighted by Crippen LogP contribution is -2.17. The van der Waals surface area contributed by atoms with Gasteiger partial charge in [-0.2, -0.15) is 0 Å². The molecule has 0 saturated carbocycles. The van der Waals surface area contributed by atoms with Crippen LogP contribution in [0.1, 0.15) is 20.3 Å². The minimum Gasteiger partial charge on any atom is -0.387 e. The number of hydrogen-bond acceptors (Lipinski definition) is 2. The predicted molar refractivity (Wildman–Crippen MR) is 53.6 cm³/mol. The maximum absolute atomic E-state index is 5.63. The Labute approximate surface area is 78.5 Å². The number of amidine groups is 1. The van der Waals surface area contributed by atoms with Gasteiger partial charge in [0.25, 0.3) is 0 Å². The van der Waals surface area contributed by atoms with Crippen molar-refractivity contribution in [2.75, 3.05) is 0 Å². The molecule has 0 saturated heterocycles. The van der Waals surface area contributed by atoms with Crippen molar-refractivity contribution in [1.82, 2.24) is 9.55 Å². The first-order chi connectivity index (χ1) is 6.22. The van der Waals surface area contributed by atoms with E-state index in [9.17, 15) is 0 Å². The molecule has 4 heteroatoms. The molecule has 0 radical (unpaired) electrons. The van der Waals surface area contributed by atoms with Crippen molar-refractivity contribution >= 4 is 5.84 Å². The summed E-state index contributed by atoms with van der Waals surface area (Å²) in [6.07, 6.45) is 6.29. The minimum absolute atomic E-state index is 0.217. The van der Waals surface area contributed by atoms with Crippen molar-refractivity contribution in [2.45, 2.75) is 32.9 Å². The van der Waals surface area contributed by atoms with Gasteiger partial charge in [-0.1, -0.05) is 6.92 Å². The van der Waals surface area contributed by atoms with Crippen molar-refractivity contribution in [3.05, 3.63) is 18.7 Å². The summed E-state index contributed by atoms with van der Waals surface area (Å²) in [4.78, 5) is 8.27. The van der Waals surface area contributed by atoms with Crippen LogP contribution in [0.25, 0.3) is 0 Å². The van der Waals surface area contributed by atoms with E-state index in [1.165, 1.54) is 0 Å². The summed E-state index contributed by atoms with van der Waals surface area (Å²) in [5.41, 5.74) is 5.63. The number of hydrogen-bond donors (Lipinski definition) is 1. The van der Waals surface area contributed by atoms with Crippen LogP contribution >= 0.6 is 0 Å². The van der Waals surface area contributed by atoms with Gasteiger partial charge in [0.1, 0.15) is 0 Å². The van der Waals surface area contributed by atoms with Crippen LogP contribution in [0.15, 0.2) is 23.7 Å². The molecular formula is C9H16N4. The summed E-state index contributed by atoms with van der Waals surface area (Å²) in [6, 6.07) is 0.217. The van der Waals surface area contributed by atoms with Gasteiger partial charge in [-0.25, -0.2) is 4.98 Å². The molecule has 72 valence electrons. The summed E-state index contributed by atoms with van der Waals surface area (Å²) in [7, 11) is 0. The third-order valence-electron chi connectivity index (χ3n) is 1.78. The van der Waals surface area contributed by atoms with Crippen molar-refractivity contribution in [2.24, 2.45) is 10.7 Å². The lowest BCUT2D eigenvalue weighted by atomic mass is 10.3. The fourth-order valence-electron chi connectivity index (χ4n) is 1.12. The molecule has 0 spiro atoms. The number of imidazole rings is 1. The molecular weight excluding hydrogens is 164 g/mol. The van der Waals surface area contributed by atoms with Crippen LogP contribution < -0.4 is 5.73 Å². The average Bonchev–Trinajstić information content (AvgIpc) is 2.56. The topological polar surface area (TPSA) is 56.2 Å². The second-order valence-corrected chi connectivity index (χ2v) is 3.08. The predicted octanol–water partition coefficient (Wildman–Crippen LogP) is 1.04. The first-order valence-corrected chi connectivity index (χ1v) is 4.50. The zero-order valence-electron chi connectivity index (χ0n) is 8.14. The molecule has 2 N–H and O–H groups in total. The standard InChI is InChI=1S/C9H16N4/c1-3-9(10)12-8(2)6-13-5-4-11-7-13/h4-5,7-8H,3,6H2,1-2H3,(H2,10,12). The Kier molecular flexibility index (Phi) is 3.49. The van der Waals surface area contributed by atoms with E-state index in [1.807, 2.05) is 24.6 Å². The highest BCUT2D eigenvalue weighted by atomic mass is 15.0. The monoisotopic (exact) mass is 180 g/mol. The van der Waals surface area contributed by atoms with Crippen molar-refractivity contribution < 1.29 is 0 Å². The Morgan fingerprint density at radius 3 is 3.00 bits per heavy atom. The molecule has 1 rings (SSSR count). The normalized spacial score (nSPS) is 14.5. The molecule has 0 fully saturated rings. The lowest BCUT2D eigenvalue weighted by Gasteiger charge is -2.07. The molecule has 0 amide bonds. The number of rotatable bonds is 4. The highest BCUT2D eigenvalue weighted by Crippen LogP contribution is 1.96. The largest absolute Gasteiger partial charge is 0.387 e. The summed E-state index contributed by atoms with van der Waals surface area (Å²) in [6.45, 7) is 4.88. The third kappa shape index (κ3) is 3.27. The molecule has 0 bridgehead atoms. The van der Waals surface area contributed by atoms with Gasteiger partial charge in [0.15, 0.2) is 0 Å². The second-order valence-electron chi connectivity index (χ2n) is 3.08. The molecule has 4 nitrogen and oxygen atoms in total. The van der Waals surface area contributed by atoms with E-state index in [4.69, 9.17) is 5.73 Å². The van der Waals surface area contributed by atoms with Gasteiger partial charge in [0, 0.05) is 25.4 Å². The molecule has 1 aromatic rings. The first kappa shape index (κ1) is 9.77. The third-order valence-corrected chi connectivity index (χ3v) is 1.78. The molecule has 0 aromatic carbocycles. The molecule has 1 heterocycles. The van der Waals surface area contributed by atoms with Gasteiger partial charge in [-0.05, 0) is 6.92 Å². The van der Waals surface area contributed by atoms with Crippen LogP contribution in [0.5, 0.6) is 0 Å². The Morgan fingerprint density at radius 2 is 2.46 bits per heavy atom. The quantitative estimate of drug-likeness (QED) is 0.556. The molecule has 1 aromatic heterocycles. The van der Waals surface area contributed by atoms with E-state index in [2.05, 4.69) is 9.98 Å². The summed E-state index contributed by atoms with van der Waals surface area (Å²) in [5, 5.41) is 0. The van der Waals surface area contributed by atoms with E-state index in [0.717, 1.165) is 13.0 Å². The van der Waals surface area contributed by atoms with Crippen LogP contribution in [0.2, 0.25) is 0 Å². The Morgan fingerprint density at radius 1 is 1.69 bits per heavy atom. The minimum atomic E-state index is 0.217. The number of aromatic nitrogens is 2. The Hall–Kier alpha value is -1.32. The highest BCUT2D eigenvalue weighted by molar-refractivity contribution is 5.80. The number of aliphatic imine (C=N–C) groups is 1. The molecule has 0 aliphatic carbocycles. The van der Waals surface area contributed by atoms with Crippen LogP contribution in [-0.2, 0) is 6.54 Å². The molecule has 1 unspecified atom stereocenters. The van der Waals surface area contributed by atoms with Crippen LogP contribution in [0.4, 0.5) is 0 Å². The van der Waals surface area contributed by atoms with Gasteiger partial charge in [-0.3, -0.25) is 4.99 Å². The second kappa shape index (κ2) is 4.64. The van der Waals surface area contributed by atoms with E-state index >= 15 is 0 Å². The number of nitrogens with zero attached hydrogens (tertiary/aromatic N) is 3. The van der Waals surface area contributed by atoms with Gasteiger partial charge in [0.2, 0.25) is 0 Å². The van der Waals surface area contributed by atoms with Crippen LogP contribution in [0, 0.1) is 0 Å². The summed E-state index contributed by atoms with van der Waals surface area (Å²) < 4.78 is 2.00. The molecule has 0 aliphatic heterocycles. The SMILES string of the molecule is CCC(N)=NC(C)Cn1ccnc1. The average molecular weight is 180 g/mol. The van der Waals surface area contributed by atoms with E-state index < -0.39 is 0 Å². The van der Waals surface area contributed by atoms with E-state index in [0.29, 0.717) is 5.84 Å². The smallest absolute Gasteiger partial charge is 0.0946 e. The lowest BCUT2D eigenvalue weighted by molar-refractivity contribution is 0.590. The number of nitrogens with two attached hydrogens (primary N) is 1. The maximum Gasteiger partial charge on any atom is 0.0946 e. The summed E-state index contributed by atoms with van der Waals surface area (Å²) >= 11 is 0. The highest BCUT2D eigenvalue weighted by Gasteiger charge is 2.00. The molecule has 0 aliphatic rings. The van der Waals surface area contributed by atoms with Gasteiger partial charge < -0.3 is 10.3 Å². The van der Waals surface area contributed by atoms with Gasteiger partial charge in [0.05, 0.1) is 18.2 Å². The van der Waals surface area contributed by atoms with Crippen molar-refractivity contribution in [3.8, 4) is 0 Å². The zero-order chi connectivity index (χ0) is 9.68. The fraction of sp³-hybridized carbons (Fsp3) is 0.556. The Bertz CT molecular complexity index is 263.